The molecule has 0 aromatic heterocycles. The van der Waals surface area contributed by atoms with Crippen molar-refractivity contribution in [3.05, 3.63) is 18.2 Å². The highest BCUT2D eigenvalue weighted by atomic mass is 32.2. The summed E-state index contributed by atoms with van der Waals surface area (Å²) in [5, 5.41) is 0. The Morgan fingerprint density at radius 3 is 2.32 bits per heavy atom. The molecule has 0 heterocycles. The minimum Gasteiger partial charge on any atom is -0.398 e. The van der Waals surface area contributed by atoms with Crippen molar-refractivity contribution in [3.63, 3.8) is 0 Å². The van der Waals surface area contributed by atoms with Crippen molar-refractivity contribution in [2.45, 2.75) is 9.79 Å². The number of hydrogen-bond acceptors (Lipinski definition) is 5. The van der Waals surface area contributed by atoms with Gasteiger partial charge in [0, 0.05) is 37.0 Å². The number of sulfonamides is 1. The number of hydrogen-bond donors (Lipinski definition) is 1. The van der Waals surface area contributed by atoms with E-state index >= 15 is 0 Å². The first-order valence-electron chi connectivity index (χ1n) is 5.84. The summed E-state index contributed by atoms with van der Waals surface area (Å²) in [5.41, 5.74) is 6.42. The summed E-state index contributed by atoms with van der Waals surface area (Å²) in [6.45, 7) is 0.946. The number of anilines is 1. The molecule has 0 unspecified atom stereocenters. The van der Waals surface area contributed by atoms with Gasteiger partial charge in [-0.3, -0.25) is 0 Å². The third kappa shape index (κ3) is 4.38. The molecule has 2 N–H and O–H groups in total. The summed E-state index contributed by atoms with van der Waals surface area (Å²) in [7, 11) is 3.62. The van der Waals surface area contributed by atoms with Gasteiger partial charge in [-0.25, -0.2) is 12.7 Å². The summed E-state index contributed by atoms with van der Waals surface area (Å²) in [4.78, 5) is 3.24. The zero-order valence-corrected chi connectivity index (χ0v) is 13.4. The van der Waals surface area contributed by atoms with Gasteiger partial charge in [-0.15, -0.1) is 11.8 Å². The van der Waals surface area contributed by atoms with Crippen molar-refractivity contribution in [2.75, 3.05) is 46.2 Å². The molecule has 0 saturated heterocycles. The third-order valence-corrected chi connectivity index (χ3v) is 5.44. The predicted octanol–water partition coefficient (Wildman–Crippen LogP) is 1.17. The Morgan fingerprint density at radius 1 is 1.21 bits per heavy atom. The fourth-order valence-electron chi connectivity index (χ4n) is 1.37. The molecule has 0 bridgehead atoms. The van der Waals surface area contributed by atoms with E-state index in [1.54, 1.807) is 23.9 Å². The SMILES string of the molecule is CN(C)CCSc1ccc(S(=O)(=O)N(C)C)cc1N. The summed E-state index contributed by atoms with van der Waals surface area (Å²) >= 11 is 1.63. The van der Waals surface area contributed by atoms with E-state index in [0.717, 1.165) is 17.2 Å². The summed E-state index contributed by atoms with van der Waals surface area (Å²) in [6, 6.07) is 4.89. The van der Waals surface area contributed by atoms with Gasteiger partial charge in [0.15, 0.2) is 0 Å². The zero-order valence-electron chi connectivity index (χ0n) is 11.8. The van der Waals surface area contributed by atoms with Gasteiger partial charge in [0.05, 0.1) is 4.90 Å². The van der Waals surface area contributed by atoms with Crippen LogP contribution in [0.2, 0.25) is 0 Å². The lowest BCUT2D eigenvalue weighted by atomic mass is 10.3. The van der Waals surface area contributed by atoms with Crippen LogP contribution in [0.4, 0.5) is 5.69 Å². The van der Waals surface area contributed by atoms with Crippen LogP contribution in [0.3, 0.4) is 0 Å². The van der Waals surface area contributed by atoms with Crippen LogP contribution in [-0.4, -0.2) is 58.1 Å². The van der Waals surface area contributed by atoms with Gasteiger partial charge in [0.2, 0.25) is 10.0 Å². The fraction of sp³-hybridized carbons (Fsp3) is 0.500. The first-order chi connectivity index (χ1) is 8.75. The Morgan fingerprint density at radius 2 is 1.84 bits per heavy atom. The first-order valence-corrected chi connectivity index (χ1v) is 8.27. The van der Waals surface area contributed by atoms with Gasteiger partial charge in [-0.2, -0.15) is 0 Å². The maximum Gasteiger partial charge on any atom is 0.242 e. The molecular weight excluding hydrogens is 282 g/mol. The molecule has 19 heavy (non-hydrogen) atoms. The number of nitrogens with two attached hydrogens (primary N) is 1. The highest BCUT2D eigenvalue weighted by molar-refractivity contribution is 7.99. The standard InChI is InChI=1S/C12H21N3O2S2/c1-14(2)7-8-18-12-6-5-10(9-11(12)13)19(16,17)15(3)4/h5-6,9H,7-8,13H2,1-4H3. The number of nitrogen functional groups attached to an aromatic ring is 1. The van der Waals surface area contributed by atoms with Crippen molar-refractivity contribution >= 4 is 27.5 Å². The van der Waals surface area contributed by atoms with E-state index in [1.807, 2.05) is 14.1 Å². The van der Waals surface area contributed by atoms with E-state index in [2.05, 4.69) is 4.90 Å². The molecule has 1 aromatic carbocycles. The molecule has 0 amide bonds. The number of thioether (sulfide) groups is 1. The quantitative estimate of drug-likeness (QED) is 0.631. The molecule has 108 valence electrons. The van der Waals surface area contributed by atoms with Crippen molar-refractivity contribution in [1.82, 2.24) is 9.21 Å². The van der Waals surface area contributed by atoms with Crippen molar-refractivity contribution in [2.24, 2.45) is 0 Å². The second kappa shape index (κ2) is 6.60. The van der Waals surface area contributed by atoms with Gasteiger partial charge in [-0.05, 0) is 32.3 Å². The molecule has 1 aromatic rings. The molecule has 0 saturated carbocycles. The van der Waals surface area contributed by atoms with Crippen LogP contribution < -0.4 is 5.73 Å². The minimum atomic E-state index is -3.41. The molecule has 5 nitrogen and oxygen atoms in total. The van der Waals surface area contributed by atoms with Crippen LogP contribution in [-0.2, 0) is 10.0 Å². The van der Waals surface area contributed by atoms with Crippen molar-refractivity contribution < 1.29 is 8.42 Å². The van der Waals surface area contributed by atoms with E-state index in [1.165, 1.54) is 24.5 Å². The highest BCUT2D eigenvalue weighted by Crippen LogP contribution is 2.28. The minimum absolute atomic E-state index is 0.229. The molecule has 7 heteroatoms. The lowest BCUT2D eigenvalue weighted by Crippen LogP contribution is -2.22. The van der Waals surface area contributed by atoms with E-state index in [-0.39, 0.29) is 4.90 Å². The normalized spacial score (nSPS) is 12.3. The zero-order chi connectivity index (χ0) is 14.6. The molecule has 0 atom stereocenters. The van der Waals surface area contributed by atoms with Gasteiger partial charge >= 0.3 is 0 Å². The number of rotatable bonds is 6. The van der Waals surface area contributed by atoms with E-state index in [0.29, 0.717) is 5.69 Å². The Bertz CT molecular complexity index is 528. The largest absolute Gasteiger partial charge is 0.398 e. The number of nitrogens with zero attached hydrogens (tertiary/aromatic N) is 2. The van der Waals surface area contributed by atoms with Crippen LogP contribution >= 0.6 is 11.8 Å². The van der Waals surface area contributed by atoms with Crippen LogP contribution in [0, 0.1) is 0 Å². The smallest absolute Gasteiger partial charge is 0.242 e. The lowest BCUT2D eigenvalue weighted by Gasteiger charge is -2.14. The van der Waals surface area contributed by atoms with Gasteiger partial charge in [0.25, 0.3) is 0 Å². The Labute approximate surface area is 119 Å². The Hall–Kier alpha value is -0.760. The molecule has 0 fully saturated rings. The average molecular weight is 303 g/mol. The summed E-state index contributed by atoms with van der Waals surface area (Å²) < 4.78 is 25.1. The van der Waals surface area contributed by atoms with Gasteiger partial charge < -0.3 is 10.6 Å². The topological polar surface area (TPSA) is 66.6 Å². The molecule has 0 aliphatic carbocycles. The summed E-state index contributed by atoms with van der Waals surface area (Å²) in [6.07, 6.45) is 0. The highest BCUT2D eigenvalue weighted by Gasteiger charge is 2.18. The molecule has 1 rings (SSSR count). The Kier molecular flexibility index (Phi) is 5.66. The molecule has 0 radical (unpaired) electrons. The molecule has 0 spiro atoms. The maximum absolute atomic E-state index is 12.0. The van der Waals surface area contributed by atoms with Gasteiger partial charge in [-0.1, -0.05) is 0 Å². The molecular formula is C12H21N3O2S2. The maximum atomic E-state index is 12.0. The molecule has 0 aliphatic rings. The van der Waals surface area contributed by atoms with E-state index in [9.17, 15) is 8.42 Å². The van der Waals surface area contributed by atoms with Crippen molar-refractivity contribution in [1.29, 1.82) is 0 Å². The van der Waals surface area contributed by atoms with Crippen LogP contribution in [0.5, 0.6) is 0 Å². The van der Waals surface area contributed by atoms with Crippen LogP contribution in [0.25, 0.3) is 0 Å². The monoisotopic (exact) mass is 303 g/mol. The molecule has 0 aliphatic heterocycles. The second-order valence-electron chi connectivity index (χ2n) is 4.64. The number of benzene rings is 1. The summed E-state index contributed by atoms with van der Waals surface area (Å²) in [5.74, 6) is 0.914. The van der Waals surface area contributed by atoms with Gasteiger partial charge in [0.1, 0.15) is 0 Å². The first kappa shape index (κ1) is 16.3. The third-order valence-electron chi connectivity index (χ3n) is 2.56. The van der Waals surface area contributed by atoms with Crippen LogP contribution in [0.15, 0.2) is 28.0 Å². The Balaban J connectivity index is 2.86. The lowest BCUT2D eigenvalue weighted by molar-refractivity contribution is 0.437. The predicted molar refractivity (Wildman–Crippen MR) is 81.0 cm³/mol. The second-order valence-corrected chi connectivity index (χ2v) is 7.93. The fourth-order valence-corrected chi connectivity index (χ4v) is 3.37. The van der Waals surface area contributed by atoms with Crippen molar-refractivity contribution in [3.8, 4) is 0 Å². The van der Waals surface area contributed by atoms with E-state index in [4.69, 9.17) is 5.73 Å². The average Bonchev–Trinajstić information content (AvgIpc) is 2.30. The van der Waals surface area contributed by atoms with E-state index < -0.39 is 10.0 Å². The van der Waals surface area contributed by atoms with Crippen LogP contribution in [0.1, 0.15) is 0 Å².